The summed E-state index contributed by atoms with van der Waals surface area (Å²) >= 11 is 5.32. The quantitative estimate of drug-likeness (QED) is 0.283. The third-order valence-corrected chi connectivity index (χ3v) is 2.30. The number of nitrogens with zero attached hydrogens (tertiary/aromatic N) is 4. The van der Waals surface area contributed by atoms with Crippen LogP contribution in [0.15, 0.2) is 15.7 Å². The molecule has 1 fully saturated rings. The Kier molecular flexibility index (Phi) is 3.58. The van der Waals surface area contributed by atoms with Gasteiger partial charge in [0.2, 0.25) is 5.27 Å². The van der Waals surface area contributed by atoms with Gasteiger partial charge in [0.05, 0.1) is 37.0 Å². The largest absolute Gasteiger partial charge is 0.861 e. The van der Waals surface area contributed by atoms with Gasteiger partial charge in [-0.2, -0.15) is 0 Å². The van der Waals surface area contributed by atoms with Crippen molar-refractivity contribution < 1.29 is 19.2 Å². The number of alkyl halides is 1. The summed E-state index contributed by atoms with van der Waals surface area (Å²) in [4.78, 5) is 5.13. The Labute approximate surface area is 96.8 Å². The molecule has 1 saturated heterocycles. The number of halogens is 1. The number of hydrogen-bond donors (Lipinski definition) is 0. The maximum atomic E-state index is 10.9. The van der Waals surface area contributed by atoms with Crippen molar-refractivity contribution in [3.05, 3.63) is 6.20 Å². The van der Waals surface area contributed by atoms with Crippen molar-refractivity contribution in [3.63, 3.8) is 0 Å². The zero-order chi connectivity index (χ0) is 11.4. The van der Waals surface area contributed by atoms with Crippen LogP contribution in [0.5, 0.6) is 0 Å². The van der Waals surface area contributed by atoms with Crippen LogP contribution < -0.4 is 14.9 Å². The second kappa shape index (κ2) is 5.13. The Morgan fingerprint density at radius 1 is 1.62 bits per heavy atom. The van der Waals surface area contributed by atoms with E-state index in [0.717, 1.165) is 13.1 Å². The SMILES string of the molecule is [O-]/C(CCl)=N\c1c[n+](N2CCOCC2)no1. The van der Waals surface area contributed by atoms with E-state index in [0.29, 0.717) is 13.2 Å². The molecule has 0 radical (unpaired) electrons. The Hall–Kier alpha value is -1.34. The van der Waals surface area contributed by atoms with Crippen LogP contribution >= 0.6 is 11.6 Å². The van der Waals surface area contributed by atoms with Gasteiger partial charge >= 0.3 is 5.88 Å². The molecule has 1 aromatic rings. The Morgan fingerprint density at radius 3 is 3.06 bits per heavy atom. The van der Waals surface area contributed by atoms with E-state index < -0.39 is 5.90 Å². The van der Waals surface area contributed by atoms with Crippen LogP contribution in [0, 0.1) is 0 Å². The standard InChI is InChI=1S/C8H11ClN4O3/c9-5-7(14)10-8-6-13(11-16-8)12-1-3-15-4-2-12/h6H,1-5H2. The first-order valence-electron chi connectivity index (χ1n) is 4.82. The maximum Gasteiger partial charge on any atom is 0.324 e. The van der Waals surface area contributed by atoms with E-state index in [9.17, 15) is 5.11 Å². The molecule has 0 spiro atoms. The molecule has 8 heteroatoms. The van der Waals surface area contributed by atoms with Crippen molar-refractivity contribution in [2.45, 2.75) is 0 Å². The lowest BCUT2D eigenvalue weighted by molar-refractivity contribution is -0.759. The fourth-order valence-corrected chi connectivity index (χ4v) is 1.38. The van der Waals surface area contributed by atoms with E-state index in [-0.39, 0.29) is 11.8 Å². The minimum Gasteiger partial charge on any atom is -0.861 e. The van der Waals surface area contributed by atoms with Gasteiger partial charge in [-0.25, -0.2) is 4.99 Å². The number of rotatable bonds is 3. The summed E-state index contributed by atoms with van der Waals surface area (Å²) in [5.74, 6) is -0.470. The molecule has 0 amide bonds. The summed E-state index contributed by atoms with van der Waals surface area (Å²) in [5.41, 5.74) is 0. The van der Waals surface area contributed by atoms with Crippen LogP contribution in [0.1, 0.15) is 0 Å². The third-order valence-electron chi connectivity index (χ3n) is 2.07. The number of aliphatic imine (C=N–C) groups is 1. The van der Waals surface area contributed by atoms with E-state index >= 15 is 0 Å². The molecular formula is C8H11ClN4O3. The first-order valence-corrected chi connectivity index (χ1v) is 5.35. The van der Waals surface area contributed by atoms with Gasteiger partial charge in [0.25, 0.3) is 6.20 Å². The summed E-state index contributed by atoms with van der Waals surface area (Å²) < 4.78 is 10.1. The smallest absolute Gasteiger partial charge is 0.324 e. The molecule has 7 nitrogen and oxygen atoms in total. The van der Waals surface area contributed by atoms with E-state index in [2.05, 4.69) is 10.3 Å². The Morgan fingerprint density at radius 2 is 2.38 bits per heavy atom. The number of morpholine rings is 1. The van der Waals surface area contributed by atoms with E-state index in [1.54, 1.807) is 0 Å². The lowest BCUT2D eigenvalue weighted by atomic mass is 10.5. The molecule has 2 heterocycles. The summed E-state index contributed by atoms with van der Waals surface area (Å²) in [7, 11) is 0. The summed E-state index contributed by atoms with van der Waals surface area (Å²) in [6.45, 7) is 2.74. The topological polar surface area (TPSA) is 77.8 Å². The van der Waals surface area contributed by atoms with Crippen LogP contribution in [0.2, 0.25) is 0 Å². The van der Waals surface area contributed by atoms with E-state index in [1.165, 1.54) is 11.0 Å². The highest BCUT2D eigenvalue weighted by molar-refractivity contribution is 6.26. The predicted molar refractivity (Wildman–Crippen MR) is 53.3 cm³/mol. The second-order valence-corrected chi connectivity index (χ2v) is 3.43. The zero-order valence-corrected chi connectivity index (χ0v) is 9.26. The van der Waals surface area contributed by atoms with E-state index in [4.69, 9.17) is 20.9 Å². The molecule has 1 aliphatic rings. The van der Waals surface area contributed by atoms with Crippen LogP contribution in [0.4, 0.5) is 5.88 Å². The van der Waals surface area contributed by atoms with Gasteiger partial charge in [-0.05, 0) is 5.90 Å². The lowest BCUT2D eigenvalue weighted by Crippen LogP contribution is -2.62. The van der Waals surface area contributed by atoms with Crippen molar-refractivity contribution in [1.82, 2.24) is 5.27 Å². The fourth-order valence-electron chi connectivity index (χ4n) is 1.32. The number of ether oxygens (including phenoxy) is 1. The normalized spacial score (nSPS) is 17.8. The second-order valence-electron chi connectivity index (χ2n) is 3.17. The Bertz CT molecular complexity index is 375. The van der Waals surface area contributed by atoms with Crippen molar-refractivity contribution >= 4 is 23.4 Å². The number of hydrogen-bond acceptors (Lipinski definition) is 6. The summed E-state index contributed by atoms with van der Waals surface area (Å²) in [6.07, 6.45) is 1.54. The van der Waals surface area contributed by atoms with E-state index in [1.807, 2.05) is 5.01 Å². The molecule has 2 rings (SSSR count). The zero-order valence-electron chi connectivity index (χ0n) is 8.50. The van der Waals surface area contributed by atoms with Gasteiger partial charge in [-0.15, -0.1) is 16.6 Å². The van der Waals surface area contributed by atoms with Crippen molar-refractivity contribution in [3.8, 4) is 0 Å². The molecule has 88 valence electrons. The fraction of sp³-hybridized carbons (Fsp3) is 0.625. The van der Waals surface area contributed by atoms with Crippen LogP contribution in [-0.2, 0) is 4.74 Å². The highest BCUT2D eigenvalue weighted by atomic mass is 35.5. The minimum atomic E-state index is -0.452. The van der Waals surface area contributed by atoms with Gasteiger partial charge in [0, 0.05) is 0 Å². The predicted octanol–water partition coefficient (Wildman–Crippen LogP) is -1.44. The molecule has 1 aromatic heterocycles. The first-order chi connectivity index (χ1) is 7.79. The molecule has 0 N–H and O–H groups in total. The average molecular weight is 247 g/mol. The number of aromatic nitrogens is 2. The molecular weight excluding hydrogens is 236 g/mol. The van der Waals surface area contributed by atoms with Crippen LogP contribution in [0.3, 0.4) is 0 Å². The molecule has 0 bridgehead atoms. The highest BCUT2D eigenvalue weighted by Gasteiger charge is 2.22. The minimum absolute atomic E-state index is 0.150. The summed E-state index contributed by atoms with van der Waals surface area (Å²) in [5, 5.41) is 16.6. The molecule has 0 saturated carbocycles. The van der Waals surface area contributed by atoms with Gasteiger partial charge in [-0.3, -0.25) is 4.52 Å². The highest BCUT2D eigenvalue weighted by Crippen LogP contribution is 2.06. The molecule has 0 atom stereocenters. The molecule has 0 unspecified atom stereocenters. The van der Waals surface area contributed by atoms with Gasteiger partial charge in [-0.1, -0.05) is 0 Å². The molecule has 0 aromatic carbocycles. The lowest BCUT2D eigenvalue weighted by Gasteiger charge is -2.18. The van der Waals surface area contributed by atoms with Crippen molar-refractivity contribution in [1.29, 1.82) is 0 Å². The molecule has 1 aliphatic heterocycles. The third kappa shape index (κ3) is 2.61. The Balaban J connectivity index is 2.06. The van der Waals surface area contributed by atoms with Crippen LogP contribution in [0.25, 0.3) is 0 Å². The van der Waals surface area contributed by atoms with Crippen molar-refractivity contribution in [2.24, 2.45) is 4.99 Å². The summed E-state index contributed by atoms with van der Waals surface area (Å²) in [6, 6.07) is 0. The van der Waals surface area contributed by atoms with Crippen LogP contribution in [-0.4, -0.2) is 43.4 Å². The van der Waals surface area contributed by atoms with Gasteiger partial charge in [0.1, 0.15) is 0 Å². The monoisotopic (exact) mass is 246 g/mol. The van der Waals surface area contributed by atoms with Gasteiger partial charge in [0.15, 0.2) is 0 Å². The molecule has 16 heavy (non-hydrogen) atoms. The van der Waals surface area contributed by atoms with Crippen molar-refractivity contribution in [2.75, 3.05) is 37.2 Å². The van der Waals surface area contributed by atoms with Gasteiger partial charge < -0.3 is 9.84 Å². The maximum absolute atomic E-state index is 10.9. The molecule has 0 aliphatic carbocycles. The average Bonchev–Trinajstić information content (AvgIpc) is 2.78. The first kappa shape index (κ1) is 11.2.